The molecule has 0 fully saturated rings. The molecular weight excluding hydrogens is 539 g/mol. The van der Waals surface area contributed by atoms with Crippen LogP contribution in [0.4, 0.5) is 0 Å². The van der Waals surface area contributed by atoms with Gasteiger partial charge in [-0.3, -0.25) is 14.2 Å². The van der Waals surface area contributed by atoms with E-state index in [1.54, 1.807) is 11.0 Å². The molecular formula is C36H31N2O3P. The minimum atomic E-state index is -3.51. The van der Waals surface area contributed by atoms with Crippen molar-refractivity contribution in [3.63, 3.8) is 0 Å². The summed E-state index contributed by atoms with van der Waals surface area (Å²) in [6.07, 6.45) is 0.957. The van der Waals surface area contributed by atoms with Gasteiger partial charge in [0.25, 0.3) is 0 Å². The molecule has 42 heavy (non-hydrogen) atoms. The highest BCUT2D eigenvalue weighted by Crippen LogP contribution is 2.56. The Kier molecular flexibility index (Phi) is 7.60. The Labute approximate surface area is 246 Å². The molecule has 208 valence electrons. The van der Waals surface area contributed by atoms with Crippen LogP contribution >= 0.6 is 7.29 Å². The molecule has 6 heteroatoms. The zero-order chi connectivity index (χ0) is 29.0. The summed E-state index contributed by atoms with van der Waals surface area (Å²) in [6.45, 7) is 1.93. The lowest BCUT2D eigenvalue weighted by Crippen LogP contribution is -2.50. The van der Waals surface area contributed by atoms with E-state index in [1.165, 1.54) is 0 Å². The summed E-state index contributed by atoms with van der Waals surface area (Å²) < 4.78 is 23.6. The molecule has 1 aliphatic heterocycles. The number of aliphatic imine (C=N–C) groups is 1. The first-order valence-electron chi connectivity index (χ1n) is 13.9. The van der Waals surface area contributed by atoms with Crippen molar-refractivity contribution in [1.29, 1.82) is 0 Å². The Bertz CT molecular complexity index is 1630. The molecule has 0 radical (unpaired) electrons. The molecule has 5 nitrogen and oxygen atoms in total. The van der Waals surface area contributed by atoms with Crippen LogP contribution in [0.2, 0.25) is 0 Å². The van der Waals surface area contributed by atoms with Crippen LogP contribution < -0.4 is 10.6 Å². The van der Waals surface area contributed by atoms with Gasteiger partial charge in [-0.05, 0) is 47.9 Å². The summed E-state index contributed by atoms with van der Waals surface area (Å²) >= 11 is 0. The highest BCUT2D eigenvalue weighted by atomic mass is 31.2. The highest BCUT2D eigenvalue weighted by Gasteiger charge is 2.55. The first kappa shape index (κ1) is 27.4. The smallest absolute Gasteiger partial charge is 0.334 e. The van der Waals surface area contributed by atoms with Gasteiger partial charge in [0.2, 0.25) is 7.29 Å². The predicted molar refractivity (Wildman–Crippen MR) is 168 cm³/mol. The third kappa shape index (κ3) is 4.87. The van der Waals surface area contributed by atoms with E-state index in [0.717, 1.165) is 16.7 Å². The van der Waals surface area contributed by atoms with E-state index < -0.39 is 30.9 Å². The van der Waals surface area contributed by atoms with Crippen LogP contribution in [0.1, 0.15) is 29.7 Å². The molecule has 0 aromatic heterocycles. The number of rotatable bonds is 8. The summed E-state index contributed by atoms with van der Waals surface area (Å²) in [6, 6.07) is 46.9. The van der Waals surface area contributed by atoms with Gasteiger partial charge in [-0.1, -0.05) is 127 Å². The lowest BCUT2D eigenvalue weighted by atomic mass is 9.85. The molecule has 5 aromatic rings. The summed E-state index contributed by atoms with van der Waals surface area (Å²) in [5.74, 6) is -0.495. The second kappa shape index (κ2) is 11.6. The lowest BCUT2D eigenvalue weighted by molar-refractivity contribution is -0.151. The van der Waals surface area contributed by atoms with Gasteiger partial charge in [-0.2, -0.15) is 0 Å². The van der Waals surface area contributed by atoms with Gasteiger partial charge >= 0.3 is 5.97 Å². The number of hydrogen-bond acceptors (Lipinski definition) is 4. The maximum Gasteiger partial charge on any atom is 0.334 e. The predicted octanol–water partition coefficient (Wildman–Crippen LogP) is 6.88. The van der Waals surface area contributed by atoms with E-state index in [9.17, 15) is 4.79 Å². The van der Waals surface area contributed by atoms with Crippen molar-refractivity contribution in [2.45, 2.75) is 24.6 Å². The van der Waals surface area contributed by atoms with E-state index >= 15 is 4.57 Å². The van der Waals surface area contributed by atoms with Crippen LogP contribution in [0.3, 0.4) is 0 Å². The molecule has 6 rings (SSSR count). The van der Waals surface area contributed by atoms with Crippen molar-refractivity contribution in [3.8, 4) is 0 Å². The number of hydrogen-bond donors (Lipinski definition) is 0. The Morgan fingerprint density at radius 2 is 1.10 bits per heavy atom. The van der Waals surface area contributed by atoms with Crippen LogP contribution in [0.25, 0.3) is 0 Å². The van der Waals surface area contributed by atoms with Crippen molar-refractivity contribution in [3.05, 3.63) is 168 Å². The fourth-order valence-corrected chi connectivity index (χ4v) is 8.63. The second-order valence-electron chi connectivity index (χ2n) is 10.4. The fourth-order valence-electron chi connectivity index (χ4n) is 5.66. The van der Waals surface area contributed by atoms with Gasteiger partial charge in [-0.15, -0.1) is 0 Å². The third-order valence-electron chi connectivity index (χ3n) is 7.87. The van der Waals surface area contributed by atoms with E-state index in [-0.39, 0.29) is 0 Å². The van der Waals surface area contributed by atoms with Crippen molar-refractivity contribution >= 4 is 30.2 Å². The third-order valence-corrected chi connectivity index (χ3v) is 11.0. The molecule has 0 N–H and O–H groups in total. The number of ether oxygens (including phenoxy) is 1. The summed E-state index contributed by atoms with van der Waals surface area (Å²) in [7, 11) is -3.51. The average molecular weight is 571 g/mol. The molecule has 1 heterocycles. The van der Waals surface area contributed by atoms with Gasteiger partial charge in [0.1, 0.15) is 5.54 Å². The van der Waals surface area contributed by atoms with E-state index in [2.05, 4.69) is 0 Å². The molecule has 0 aliphatic carbocycles. The SMILES string of the molecule is C[C@@]1(c2ccccc2)[C@H](C(=O)OC(c2ccccc2)c2ccccc2)N=CN1P(=O)(c1ccccc1)c1ccccc1. The van der Waals surface area contributed by atoms with Gasteiger partial charge in [-0.25, -0.2) is 4.79 Å². The van der Waals surface area contributed by atoms with E-state index in [0.29, 0.717) is 10.6 Å². The van der Waals surface area contributed by atoms with Gasteiger partial charge in [0, 0.05) is 10.6 Å². The molecule has 0 amide bonds. The van der Waals surface area contributed by atoms with Crippen LogP contribution in [-0.4, -0.2) is 23.0 Å². The van der Waals surface area contributed by atoms with Crippen molar-refractivity contribution < 1.29 is 14.1 Å². The zero-order valence-electron chi connectivity index (χ0n) is 23.2. The van der Waals surface area contributed by atoms with Crippen LogP contribution in [0.5, 0.6) is 0 Å². The average Bonchev–Trinajstić information content (AvgIpc) is 3.43. The number of carbonyl (C=O) groups is 1. The highest BCUT2D eigenvalue weighted by molar-refractivity contribution is 7.77. The fraction of sp³-hybridized carbons (Fsp3) is 0.111. The summed E-state index contributed by atoms with van der Waals surface area (Å²) in [4.78, 5) is 19.0. The molecule has 5 aromatic carbocycles. The number of carbonyl (C=O) groups excluding carboxylic acids is 1. The number of benzene rings is 5. The van der Waals surface area contributed by atoms with Gasteiger partial charge in [0.05, 0.1) is 6.34 Å². The van der Waals surface area contributed by atoms with E-state index in [4.69, 9.17) is 9.73 Å². The van der Waals surface area contributed by atoms with Crippen LogP contribution in [0.15, 0.2) is 157 Å². The first-order chi connectivity index (χ1) is 20.5. The maximum absolute atomic E-state index is 15.5. The molecule has 0 bridgehead atoms. The Balaban J connectivity index is 1.46. The molecule has 0 saturated heterocycles. The first-order valence-corrected chi connectivity index (χ1v) is 15.6. The van der Waals surface area contributed by atoms with Gasteiger partial charge in [0.15, 0.2) is 12.1 Å². The van der Waals surface area contributed by atoms with Crippen molar-refractivity contribution in [2.24, 2.45) is 4.99 Å². The Morgan fingerprint density at radius 3 is 1.55 bits per heavy atom. The van der Waals surface area contributed by atoms with E-state index in [1.807, 2.05) is 159 Å². The molecule has 1 aliphatic rings. The second-order valence-corrected chi connectivity index (χ2v) is 13.0. The normalized spacial score (nSPS) is 18.2. The molecule has 0 saturated carbocycles. The van der Waals surface area contributed by atoms with Gasteiger partial charge < -0.3 is 4.74 Å². The summed E-state index contributed by atoms with van der Waals surface area (Å²) in [5, 5.41) is 1.32. The minimum Gasteiger partial charge on any atom is -0.451 e. The minimum absolute atomic E-state index is 0.495. The number of nitrogens with zero attached hydrogens (tertiary/aromatic N) is 2. The monoisotopic (exact) mass is 570 g/mol. The maximum atomic E-state index is 15.5. The zero-order valence-corrected chi connectivity index (χ0v) is 24.1. The Hall–Kier alpha value is -4.73. The molecule has 0 spiro atoms. The van der Waals surface area contributed by atoms with Crippen LogP contribution in [0, 0.1) is 0 Å². The largest absolute Gasteiger partial charge is 0.451 e. The van der Waals surface area contributed by atoms with Crippen molar-refractivity contribution in [1.82, 2.24) is 4.67 Å². The summed E-state index contributed by atoms with van der Waals surface area (Å²) in [5.41, 5.74) is 1.41. The van der Waals surface area contributed by atoms with Crippen LogP contribution in [-0.2, 0) is 19.6 Å². The lowest BCUT2D eigenvalue weighted by Gasteiger charge is -2.43. The number of esters is 1. The Morgan fingerprint density at radius 1 is 0.690 bits per heavy atom. The standard InChI is InChI=1S/C36H31N2O3P/c1-36(30-21-11-4-12-22-30)34(35(39)41-33(28-17-7-2-8-18-28)29-19-9-3-10-20-29)37-27-38(36)42(40,31-23-13-5-14-24-31)32-25-15-6-16-26-32/h2-27,33-34H,1H3/t34-,36+/m0/s1. The van der Waals surface area contributed by atoms with Crippen molar-refractivity contribution in [2.75, 3.05) is 0 Å². The molecule has 0 unspecified atom stereocenters. The topological polar surface area (TPSA) is 59.0 Å². The quantitative estimate of drug-likeness (QED) is 0.151. The molecule has 2 atom stereocenters.